The van der Waals surface area contributed by atoms with Gasteiger partial charge in [0.1, 0.15) is 5.82 Å². The van der Waals surface area contributed by atoms with Gasteiger partial charge >= 0.3 is 0 Å². The summed E-state index contributed by atoms with van der Waals surface area (Å²) < 4.78 is 0. The Morgan fingerprint density at radius 2 is 2.30 bits per heavy atom. The number of carbonyl (C=O) groups excluding carboxylic acids is 1. The van der Waals surface area contributed by atoms with Crippen LogP contribution in [0, 0.1) is 0 Å². The normalized spacial score (nSPS) is 15.9. The molecule has 1 heterocycles. The van der Waals surface area contributed by atoms with Crippen molar-refractivity contribution in [1.82, 2.24) is 20.5 Å². The monoisotopic (exact) mass is 290 g/mol. The molecule has 1 unspecified atom stereocenters. The highest BCUT2D eigenvalue weighted by molar-refractivity contribution is 6.30. The van der Waals surface area contributed by atoms with Crippen LogP contribution >= 0.6 is 11.6 Å². The highest BCUT2D eigenvalue weighted by Gasteiger charge is 2.28. The molecule has 1 atom stereocenters. The smallest absolute Gasteiger partial charge is 0.291 e. The second-order valence-electron chi connectivity index (χ2n) is 5.07. The van der Waals surface area contributed by atoms with E-state index in [2.05, 4.69) is 20.5 Å². The Bertz CT molecular complexity index is 636. The maximum atomic E-state index is 12.1. The summed E-state index contributed by atoms with van der Waals surface area (Å²) in [4.78, 5) is 16.3. The summed E-state index contributed by atoms with van der Waals surface area (Å²) in [5.74, 6) is 1.18. The summed E-state index contributed by atoms with van der Waals surface area (Å²) in [6.07, 6.45) is 2.24. The van der Waals surface area contributed by atoms with E-state index in [1.54, 1.807) is 6.07 Å². The van der Waals surface area contributed by atoms with Crippen LogP contribution in [0.25, 0.3) is 0 Å². The number of amides is 1. The van der Waals surface area contributed by atoms with Crippen molar-refractivity contribution >= 4 is 17.5 Å². The Morgan fingerprint density at radius 3 is 3.00 bits per heavy atom. The van der Waals surface area contributed by atoms with Gasteiger partial charge in [-0.1, -0.05) is 23.7 Å². The van der Waals surface area contributed by atoms with E-state index in [4.69, 9.17) is 11.6 Å². The molecule has 0 saturated heterocycles. The van der Waals surface area contributed by atoms with Crippen molar-refractivity contribution in [3.05, 3.63) is 46.5 Å². The minimum Gasteiger partial charge on any atom is -0.343 e. The first-order chi connectivity index (χ1) is 9.63. The number of rotatable bonds is 4. The SMILES string of the molecule is CC(NC(=O)c1n[nH]c(C2CC2)n1)c1cccc(Cl)c1. The molecule has 5 nitrogen and oxygen atoms in total. The van der Waals surface area contributed by atoms with Crippen molar-refractivity contribution in [3.63, 3.8) is 0 Å². The van der Waals surface area contributed by atoms with Gasteiger partial charge in [0.2, 0.25) is 5.82 Å². The molecule has 2 N–H and O–H groups in total. The highest BCUT2D eigenvalue weighted by atomic mass is 35.5. The molecule has 20 heavy (non-hydrogen) atoms. The summed E-state index contributed by atoms with van der Waals surface area (Å²) in [5, 5.41) is 10.3. The summed E-state index contributed by atoms with van der Waals surface area (Å²) in [6.45, 7) is 1.90. The molecule has 104 valence electrons. The maximum absolute atomic E-state index is 12.1. The molecule has 0 aliphatic heterocycles. The number of hydrogen-bond acceptors (Lipinski definition) is 3. The lowest BCUT2D eigenvalue weighted by atomic mass is 10.1. The van der Waals surface area contributed by atoms with Crippen LogP contribution in [-0.2, 0) is 0 Å². The van der Waals surface area contributed by atoms with Crippen LogP contribution < -0.4 is 5.32 Å². The lowest BCUT2D eigenvalue weighted by molar-refractivity contribution is 0.0929. The van der Waals surface area contributed by atoms with Gasteiger partial charge in [0.25, 0.3) is 5.91 Å². The van der Waals surface area contributed by atoms with Crippen LogP contribution in [0.15, 0.2) is 24.3 Å². The van der Waals surface area contributed by atoms with Crippen molar-refractivity contribution < 1.29 is 4.79 Å². The first-order valence-corrected chi connectivity index (χ1v) is 7.00. The van der Waals surface area contributed by atoms with Crippen molar-refractivity contribution in [3.8, 4) is 0 Å². The molecule has 1 saturated carbocycles. The summed E-state index contributed by atoms with van der Waals surface area (Å²) in [5.41, 5.74) is 0.948. The zero-order valence-corrected chi connectivity index (χ0v) is 11.8. The number of H-pyrrole nitrogens is 1. The molecule has 0 spiro atoms. The number of aromatic nitrogens is 3. The number of hydrogen-bond donors (Lipinski definition) is 2. The first-order valence-electron chi connectivity index (χ1n) is 6.62. The third-order valence-corrected chi connectivity index (χ3v) is 3.60. The zero-order valence-electron chi connectivity index (χ0n) is 11.1. The van der Waals surface area contributed by atoms with Gasteiger partial charge in [-0.15, -0.1) is 5.10 Å². The number of benzene rings is 1. The lowest BCUT2D eigenvalue weighted by Crippen LogP contribution is -2.27. The second-order valence-corrected chi connectivity index (χ2v) is 5.51. The van der Waals surface area contributed by atoms with Gasteiger partial charge in [-0.3, -0.25) is 9.89 Å². The number of aromatic amines is 1. The molecule has 1 aliphatic rings. The molecule has 0 bridgehead atoms. The molecule has 1 amide bonds. The lowest BCUT2D eigenvalue weighted by Gasteiger charge is -2.13. The van der Waals surface area contributed by atoms with E-state index < -0.39 is 0 Å². The van der Waals surface area contributed by atoms with Gasteiger partial charge in [-0.05, 0) is 37.5 Å². The molecule has 2 aromatic rings. The second kappa shape index (κ2) is 5.25. The maximum Gasteiger partial charge on any atom is 0.291 e. The Labute approximate surface area is 121 Å². The Kier molecular flexibility index (Phi) is 3.44. The fourth-order valence-electron chi connectivity index (χ4n) is 2.04. The van der Waals surface area contributed by atoms with Gasteiger partial charge in [-0.25, -0.2) is 4.98 Å². The van der Waals surface area contributed by atoms with E-state index >= 15 is 0 Å². The standard InChI is InChI=1S/C14H15ClN4O/c1-8(10-3-2-4-11(15)7-10)16-14(20)13-17-12(18-19-13)9-5-6-9/h2-4,7-9H,5-6H2,1H3,(H,16,20)(H,17,18,19). The van der Waals surface area contributed by atoms with Crippen molar-refractivity contribution in [2.24, 2.45) is 0 Å². The Balaban J connectivity index is 1.68. The molecular weight excluding hydrogens is 276 g/mol. The topological polar surface area (TPSA) is 70.7 Å². The van der Waals surface area contributed by atoms with Crippen LogP contribution in [0.1, 0.15) is 53.7 Å². The highest BCUT2D eigenvalue weighted by Crippen LogP contribution is 2.37. The number of nitrogens with zero attached hydrogens (tertiary/aromatic N) is 2. The van der Waals surface area contributed by atoms with E-state index in [1.807, 2.05) is 25.1 Å². The summed E-state index contributed by atoms with van der Waals surface area (Å²) in [6, 6.07) is 7.27. The minimum atomic E-state index is -0.277. The van der Waals surface area contributed by atoms with E-state index in [0.29, 0.717) is 10.9 Å². The molecule has 1 aromatic heterocycles. The van der Waals surface area contributed by atoms with Crippen LogP contribution in [-0.4, -0.2) is 21.1 Å². The predicted octanol–water partition coefficient (Wildman–Crippen LogP) is 2.83. The molecule has 3 rings (SSSR count). The van der Waals surface area contributed by atoms with Crippen LogP contribution in [0.4, 0.5) is 0 Å². The fraction of sp³-hybridized carbons (Fsp3) is 0.357. The zero-order chi connectivity index (χ0) is 14.1. The first kappa shape index (κ1) is 13.1. The Hall–Kier alpha value is -1.88. The van der Waals surface area contributed by atoms with Crippen LogP contribution in [0.5, 0.6) is 0 Å². The van der Waals surface area contributed by atoms with Gasteiger partial charge in [0.05, 0.1) is 6.04 Å². The van der Waals surface area contributed by atoms with Crippen molar-refractivity contribution in [2.75, 3.05) is 0 Å². The van der Waals surface area contributed by atoms with Gasteiger partial charge < -0.3 is 5.32 Å². The minimum absolute atomic E-state index is 0.149. The Morgan fingerprint density at radius 1 is 1.50 bits per heavy atom. The number of carbonyl (C=O) groups is 1. The molecule has 1 aromatic carbocycles. The van der Waals surface area contributed by atoms with E-state index in [0.717, 1.165) is 24.2 Å². The summed E-state index contributed by atoms with van der Waals surface area (Å²) in [7, 11) is 0. The molecular formula is C14H15ClN4O. The van der Waals surface area contributed by atoms with E-state index in [1.165, 1.54) is 0 Å². The quantitative estimate of drug-likeness (QED) is 0.909. The summed E-state index contributed by atoms with van der Waals surface area (Å²) >= 11 is 5.95. The van der Waals surface area contributed by atoms with E-state index in [-0.39, 0.29) is 17.8 Å². The largest absolute Gasteiger partial charge is 0.343 e. The van der Waals surface area contributed by atoms with Gasteiger partial charge in [0, 0.05) is 10.9 Å². The third kappa shape index (κ3) is 2.82. The van der Waals surface area contributed by atoms with Gasteiger partial charge in [-0.2, -0.15) is 0 Å². The van der Waals surface area contributed by atoms with Crippen LogP contribution in [0.3, 0.4) is 0 Å². The number of nitrogens with one attached hydrogen (secondary N) is 2. The predicted molar refractivity (Wildman–Crippen MR) is 75.7 cm³/mol. The number of halogens is 1. The third-order valence-electron chi connectivity index (χ3n) is 3.37. The fourth-order valence-corrected chi connectivity index (χ4v) is 2.23. The van der Waals surface area contributed by atoms with Crippen molar-refractivity contribution in [2.45, 2.75) is 31.7 Å². The molecule has 1 aliphatic carbocycles. The average Bonchev–Trinajstić information content (AvgIpc) is 3.16. The van der Waals surface area contributed by atoms with Crippen molar-refractivity contribution in [1.29, 1.82) is 0 Å². The average molecular weight is 291 g/mol. The molecule has 1 fully saturated rings. The molecule has 6 heteroatoms. The van der Waals surface area contributed by atoms with Gasteiger partial charge in [0.15, 0.2) is 0 Å². The molecule has 0 radical (unpaired) electrons. The van der Waals surface area contributed by atoms with E-state index in [9.17, 15) is 4.79 Å². The van der Waals surface area contributed by atoms with Crippen LogP contribution in [0.2, 0.25) is 5.02 Å².